The first kappa shape index (κ1) is 15.8. The molecule has 0 amide bonds. The average Bonchev–Trinajstić information content (AvgIpc) is 3.04. The lowest BCUT2D eigenvalue weighted by Gasteiger charge is -2.07. The smallest absolute Gasteiger partial charge is 0.345 e. The molecule has 4 aromatic rings. The molecule has 0 aliphatic rings. The Morgan fingerprint density at radius 2 is 2.08 bits per heavy atom. The number of methoxy groups -OCH3 is 1. The fourth-order valence-electron chi connectivity index (χ4n) is 2.83. The summed E-state index contributed by atoms with van der Waals surface area (Å²) in [4.78, 5) is 28.1. The molecule has 3 aromatic heterocycles. The molecule has 0 spiro atoms. The van der Waals surface area contributed by atoms with Crippen molar-refractivity contribution in [2.45, 2.75) is 6.92 Å². The topological polar surface area (TPSA) is 107 Å². The molecule has 4 rings (SSSR count). The summed E-state index contributed by atoms with van der Waals surface area (Å²) in [5.74, 6) is -0.514. The molecule has 0 aliphatic carbocycles. The Balaban J connectivity index is 2.04. The summed E-state index contributed by atoms with van der Waals surface area (Å²) in [5, 5.41) is 14.0. The largest absolute Gasteiger partial charge is 0.497 e. The number of benzene rings is 1. The molecule has 1 aromatic carbocycles. The highest BCUT2D eigenvalue weighted by Crippen LogP contribution is 2.25. The van der Waals surface area contributed by atoms with Gasteiger partial charge >= 0.3 is 11.6 Å². The normalized spacial score (nSPS) is 11.2. The Labute approximate surface area is 146 Å². The summed E-state index contributed by atoms with van der Waals surface area (Å²) >= 11 is 0. The van der Waals surface area contributed by atoms with Gasteiger partial charge in [0.05, 0.1) is 24.6 Å². The van der Waals surface area contributed by atoms with E-state index in [1.807, 2.05) is 0 Å². The fraction of sp³-hybridized carbons (Fsp3) is 0.111. The number of carboxylic acids is 1. The molecular formula is C18H13N3O5. The monoisotopic (exact) mass is 351 g/mol. The van der Waals surface area contributed by atoms with Crippen molar-refractivity contribution in [1.82, 2.24) is 14.6 Å². The number of rotatable bonds is 3. The van der Waals surface area contributed by atoms with Crippen LogP contribution in [0.3, 0.4) is 0 Å². The second kappa shape index (κ2) is 5.69. The number of aryl methyl sites for hydroxylation is 1. The van der Waals surface area contributed by atoms with E-state index in [9.17, 15) is 14.7 Å². The van der Waals surface area contributed by atoms with Crippen LogP contribution in [0, 0.1) is 6.92 Å². The van der Waals surface area contributed by atoms with E-state index in [2.05, 4.69) is 10.1 Å². The van der Waals surface area contributed by atoms with Gasteiger partial charge in [-0.3, -0.25) is 0 Å². The predicted molar refractivity (Wildman–Crippen MR) is 92.7 cm³/mol. The molecule has 3 heterocycles. The van der Waals surface area contributed by atoms with E-state index < -0.39 is 11.6 Å². The fourth-order valence-corrected chi connectivity index (χ4v) is 2.83. The van der Waals surface area contributed by atoms with Crippen LogP contribution in [-0.4, -0.2) is 32.8 Å². The number of fused-ring (bicyclic) bond motifs is 2. The predicted octanol–water partition coefficient (Wildman–Crippen LogP) is 2.52. The van der Waals surface area contributed by atoms with E-state index in [0.29, 0.717) is 28.1 Å². The van der Waals surface area contributed by atoms with Gasteiger partial charge in [0.15, 0.2) is 5.65 Å². The van der Waals surface area contributed by atoms with Crippen LogP contribution in [0.5, 0.6) is 5.75 Å². The SMILES string of the molecule is COc1ccc2oc(=O)c(-c3cc(C)nc4c(C(=O)O)cnn34)cc2c1. The molecule has 0 aliphatic heterocycles. The van der Waals surface area contributed by atoms with Crippen LogP contribution in [0.15, 0.2) is 45.7 Å². The van der Waals surface area contributed by atoms with Crippen molar-refractivity contribution < 1.29 is 19.1 Å². The lowest BCUT2D eigenvalue weighted by molar-refractivity contribution is 0.0698. The van der Waals surface area contributed by atoms with Crippen molar-refractivity contribution in [3.05, 3.63) is 58.2 Å². The van der Waals surface area contributed by atoms with Crippen LogP contribution in [0.1, 0.15) is 16.1 Å². The van der Waals surface area contributed by atoms with Crippen LogP contribution in [0.25, 0.3) is 27.9 Å². The number of hydrogen-bond donors (Lipinski definition) is 1. The number of ether oxygens (including phenoxy) is 1. The first-order chi connectivity index (χ1) is 12.5. The second-order valence-electron chi connectivity index (χ2n) is 5.73. The van der Waals surface area contributed by atoms with Crippen molar-refractivity contribution in [2.24, 2.45) is 0 Å². The molecule has 0 radical (unpaired) electrons. The summed E-state index contributed by atoms with van der Waals surface area (Å²) in [6.45, 7) is 1.72. The van der Waals surface area contributed by atoms with Gasteiger partial charge in [-0.2, -0.15) is 5.10 Å². The van der Waals surface area contributed by atoms with Gasteiger partial charge in [-0.25, -0.2) is 19.1 Å². The Morgan fingerprint density at radius 1 is 1.27 bits per heavy atom. The minimum atomic E-state index is -1.14. The molecule has 0 unspecified atom stereocenters. The molecule has 8 nitrogen and oxygen atoms in total. The van der Waals surface area contributed by atoms with Crippen LogP contribution < -0.4 is 10.4 Å². The lowest BCUT2D eigenvalue weighted by atomic mass is 10.1. The van der Waals surface area contributed by atoms with E-state index in [-0.39, 0.29) is 16.8 Å². The Kier molecular flexibility index (Phi) is 3.47. The summed E-state index contributed by atoms with van der Waals surface area (Å²) in [7, 11) is 1.55. The van der Waals surface area contributed by atoms with Crippen molar-refractivity contribution in [3.8, 4) is 17.0 Å². The van der Waals surface area contributed by atoms with Gasteiger partial charge in [0, 0.05) is 11.1 Å². The van der Waals surface area contributed by atoms with Crippen LogP contribution in [-0.2, 0) is 0 Å². The van der Waals surface area contributed by atoms with Gasteiger partial charge in [0.25, 0.3) is 0 Å². The van der Waals surface area contributed by atoms with Crippen molar-refractivity contribution >= 4 is 22.6 Å². The van der Waals surface area contributed by atoms with E-state index in [4.69, 9.17) is 9.15 Å². The zero-order valence-corrected chi connectivity index (χ0v) is 13.9. The molecule has 0 saturated carbocycles. The lowest BCUT2D eigenvalue weighted by Crippen LogP contribution is -2.08. The van der Waals surface area contributed by atoms with Gasteiger partial charge in [-0.05, 0) is 37.3 Å². The molecule has 26 heavy (non-hydrogen) atoms. The highest BCUT2D eigenvalue weighted by molar-refractivity contribution is 5.94. The third-order valence-corrected chi connectivity index (χ3v) is 4.05. The molecule has 1 N–H and O–H groups in total. The number of aromatic carboxylic acids is 1. The van der Waals surface area contributed by atoms with E-state index in [1.165, 1.54) is 10.7 Å². The van der Waals surface area contributed by atoms with Crippen molar-refractivity contribution in [3.63, 3.8) is 0 Å². The summed E-state index contributed by atoms with van der Waals surface area (Å²) in [6, 6.07) is 8.43. The summed E-state index contributed by atoms with van der Waals surface area (Å²) in [5.41, 5.74) is 1.20. The van der Waals surface area contributed by atoms with E-state index in [0.717, 1.165) is 0 Å². The number of carboxylic acid groups (broad SMARTS) is 1. The highest BCUT2D eigenvalue weighted by atomic mass is 16.5. The first-order valence-electron chi connectivity index (χ1n) is 7.69. The molecule has 0 atom stereocenters. The quantitative estimate of drug-likeness (QED) is 0.565. The molecule has 0 saturated heterocycles. The Bertz CT molecular complexity index is 1240. The third kappa shape index (κ3) is 2.39. The van der Waals surface area contributed by atoms with Crippen molar-refractivity contribution in [1.29, 1.82) is 0 Å². The number of carbonyl (C=O) groups is 1. The zero-order valence-electron chi connectivity index (χ0n) is 13.9. The molecule has 8 heteroatoms. The standard InChI is InChI=1S/C18H13N3O5/c1-9-5-14(21-16(20-9)13(8-19-21)17(22)23)12-7-10-6-11(25-2)3-4-15(10)26-18(12)24/h3-8H,1-2H3,(H,22,23). The van der Waals surface area contributed by atoms with Gasteiger partial charge in [0.2, 0.25) is 0 Å². The van der Waals surface area contributed by atoms with Gasteiger partial charge in [-0.15, -0.1) is 0 Å². The summed E-state index contributed by atoms with van der Waals surface area (Å²) in [6.07, 6.45) is 1.21. The first-order valence-corrected chi connectivity index (χ1v) is 7.69. The average molecular weight is 351 g/mol. The van der Waals surface area contributed by atoms with Gasteiger partial charge in [-0.1, -0.05) is 0 Å². The maximum absolute atomic E-state index is 12.5. The zero-order chi connectivity index (χ0) is 18.4. The second-order valence-corrected chi connectivity index (χ2v) is 5.73. The third-order valence-electron chi connectivity index (χ3n) is 4.05. The van der Waals surface area contributed by atoms with Gasteiger partial charge < -0.3 is 14.3 Å². The molecular weight excluding hydrogens is 338 g/mol. The number of nitrogens with zero attached hydrogens (tertiary/aromatic N) is 3. The number of hydrogen-bond acceptors (Lipinski definition) is 6. The van der Waals surface area contributed by atoms with E-state index in [1.54, 1.807) is 44.4 Å². The molecule has 0 fully saturated rings. The maximum atomic E-state index is 12.5. The Morgan fingerprint density at radius 3 is 2.81 bits per heavy atom. The van der Waals surface area contributed by atoms with Crippen LogP contribution >= 0.6 is 0 Å². The maximum Gasteiger partial charge on any atom is 0.345 e. The highest BCUT2D eigenvalue weighted by Gasteiger charge is 2.18. The molecule has 0 bridgehead atoms. The van der Waals surface area contributed by atoms with Crippen molar-refractivity contribution in [2.75, 3.05) is 7.11 Å². The van der Waals surface area contributed by atoms with Crippen LogP contribution in [0.4, 0.5) is 0 Å². The van der Waals surface area contributed by atoms with E-state index >= 15 is 0 Å². The minimum Gasteiger partial charge on any atom is -0.497 e. The summed E-state index contributed by atoms with van der Waals surface area (Å²) < 4.78 is 11.9. The Hall–Kier alpha value is -3.68. The van der Waals surface area contributed by atoms with Gasteiger partial charge in [0.1, 0.15) is 16.9 Å². The number of aromatic nitrogens is 3. The molecule has 130 valence electrons. The van der Waals surface area contributed by atoms with Crippen LogP contribution in [0.2, 0.25) is 0 Å². The minimum absolute atomic E-state index is 0.0400.